The molecule has 1 saturated heterocycles. The van der Waals surface area contributed by atoms with Gasteiger partial charge in [-0.2, -0.15) is 0 Å². The Morgan fingerprint density at radius 1 is 1.21 bits per heavy atom. The number of morpholine rings is 1. The van der Waals surface area contributed by atoms with Crippen LogP contribution in [-0.4, -0.2) is 43.9 Å². The molecule has 0 radical (unpaired) electrons. The molecular weight excluding hydrogens is 304 g/mol. The predicted molar refractivity (Wildman–Crippen MR) is 95.5 cm³/mol. The molecule has 1 aromatic carbocycles. The first kappa shape index (κ1) is 17.2. The Kier molecular flexibility index (Phi) is 5.74. The Hall–Kier alpha value is -1.59. The van der Waals surface area contributed by atoms with E-state index in [1.807, 2.05) is 18.2 Å². The van der Waals surface area contributed by atoms with Crippen molar-refractivity contribution in [3.8, 4) is 0 Å². The van der Waals surface area contributed by atoms with Crippen LogP contribution < -0.4 is 10.2 Å². The second-order valence-corrected chi connectivity index (χ2v) is 6.95. The van der Waals surface area contributed by atoms with E-state index in [1.54, 1.807) is 0 Å². The summed E-state index contributed by atoms with van der Waals surface area (Å²) < 4.78 is 11.5. The molecule has 0 spiro atoms. The lowest BCUT2D eigenvalue weighted by molar-refractivity contribution is -0.122. The van der Waals surface area contributed by atoms with Crippen LogP contribution in [0.15, 0.2) is 24.3 Å². The fourth-order valence-corrected chi connectivity index (χ4v) is 3.66. The van der Waals surface area contributed by atoms with Gasteiger partial charge in [0.05, 0.1) is 29.7 Å². The Labute approximate surface area is 144 Å². The summed E-state index contributed by atoms with van der Waals surface area (Å²) in [5.41, 5.74) is 1.90. The van der Waals surface area contributed by atoms with Crippen LogP contribution in [0, 0.1) is 0 Å². The van der Waals surface area contributed by atoms with Crippen molar-refractivity contribution in [2.45, 2.75) is 57.8 Å². The molecule has 1 N–H and O–H groups in total. The van der Waals surface area contributed by atoms with Crippen molar-refractivity contribution in [2.24, 2.45) is 0 Å². The summed E-state index contributed by atoms with van der Waals surface area (Å²) >= 11 is 0. The maximum Gasteiger partial charge on any atom is 0.250 e. The number of amides is 1. The van der Waals surface area contributed by atoms with E-state index in [0.29, 0.717) is 0 Å². The standard InChI is InChI=1S/C19H28N2O3/c1-14-11-21(12-15(2)24-14)18-10-6-5-9-17(18)20-19(22)13-23-16-7-3-4-8-16/h5-6,9-10,14-16H,3-4,7-8,11-13H2,1-2H3,(H,20,22). The fraction of sp³-hybridized carbons (Fsp3) is 0.632. The molecular formula is C19H28N2O3. The Bertz CT molecular complexity index is 547. The van der Waals surface area contributed by atoms with E-state index in [0.717, 1.165) is 37.3 Å². The second kappa shape index (κ2) is 7.99. The number of hydrogen-bond donors (Lipinski definition) is 1. The molecule has 132 valence electrons. The minimum absolute atomic E-state index is 0.0799. The number of anilines is 2. The van der Waals surface area contributed by atoms with Gasteiger partial charge < -0.3 is 19.7 Å². The zero-order chi connectivity index (χ0) is 16.9. The number of para-hydroxylation sites is 2. The molecule has 1 aromatic rings. The summed E-state index contributed by atoms with van der Waals surface area (Å²) in [6.45, 7) is 5.96. The Morgan fingerprint density at radius 3 is 2.58 bits per heavy atom. The van der Waals surface area contributed by atoms with E-state index in [1.165, 1.54) is 12.8 Å². The topological polar surface area (TPSA) is 50.8 Å². The van der Waals surface area contributed by atoms with E-state index in [4.69, 9.17) is 9.47 Å². The molecule has 2 unspecified atom stereocenters. The van der Waals surface area contributed by atoms with Crippen LogP contribution in [0.25, 0.3) is 0 Å². The van der Waals surface area contributed by atoms with Crippen molar-refractivity contribution in [1.29, 1.82) is 0 Å². The van der Waals surface area contributed by atoms with E-state index in [2.05, 4.69) is 30.1 Å². The largest absolute Gasteiger partial charge is 0.372 e. The highest BCUT2D eigenvalue weighted by molar-refractivity contribution is 5.95. The van der Waals surface area contributed by atoms with Gasteiger partial charge in [-0.15, -0.1) is 0 Å². The number of carbonyl (C=O) groups is 1. The number of rotatable bonds is 5. The number of benzene rings is 1. The highest BCUT2D eigenvalue weighted by atomic mass is 16.5. The lowest BCUT2D eigenvalue weighted by Crippen LogP contribution is -2.45. The van der Waals surface area contributed by atoms with Crippen LogP contribution in [0.3, 0.4) is 0 Å². The summed E-state index contributed by atoms with van der Waals surface area (Å²) in [6, 6.07) is 7.96. The highest BCUT2D eigenvalue weighted by Gasteiger charge is 2.24. The zero-order valence-corrected chi connectivity index (χ0v) is 14.7. The third-order valence-corrected chi connectivity index (χ3v) is 4.69. The van der Waals surface area contributed by atoms with Gasteiger partial charge in [-0.25, -0.2) is 0 Å². The molecule has 1 heterocycles. The van der Waals surface area contributed by atoms with Gasteiger partial charge in [-0.1, -0.05) is 25.0 Å². The van der Waals surface area contributed by atoms with Gasteiger partial charge in [0.15, 0.2) is 0 Å². The molecule has 3 rings (SSSR count). The molecule has 1 aliphatic heterocycles. The minimum Gasteiger partial charge on any atom is -0.372 e. The monoisotopic (exact) mass is 332 g/mol. The van der Waals surface area contributed by atoms with Crippen molar-refractivity contribution >= 4 is 17.3 Å². The minimum atomic E-state index is -0.0799. The third kappa shape index (κ3) is 4.48. The van der Waals surface area contributed by atoms with Crippen LogP contribution >= 0.6 is 0 Å². The molecule has 1 amide bonds. The summed E-state index contributed by atoms with van der Waals surface area (Å²) in [7, 11) is 0. The summed E-state index contributed by atoms with van der Waals surface area (Å²) in [5, 5.41) is 3.02. The number of carbonyl (C=O) groups excluding carboxylic acids is 1. The van der Waals surface area contributed by atoms with Gasteiger partial charge >= 0.3 is 0 Å². The molecule has 24 heavy (non-hydrogen) atoms. The lowest BCUT2D eigenvalue weighted by atomic mass is 10.1. The molecule has 0 bridgehead atoms. The van der Waals surface area contributed by atoms with Gasteiger partial charge in [0.1, 0.15) is 6.61 Å². The molecule has 5 heteroatoms. The first-order chi connectivity index (χ1) is 11.6. The number of ether oxygens (including phenoxy) is 2. The lowest BCUT2D eigenvalue weighted by Gasteiger charge is -2.37. The molecule has 1 saturated carbocycles. The van der Waals surface area contributed by atoms with Crippen LogP contribution in [-0.2, 0) is 14.3 Å². The smallest absolute Gasteiger partial charge is 0.250 e. The molecule has 2 aliphatic rings. The third-order valence-electron chi connectivity index (χ3n) is 4.69. The Morgan fingerprint density at radius 2 is 1.88 bits per heavy atom. The van der Waals surface area contributed by atoms with Gasteiger partial charge in [-0.3, -0.25) is 4.79 Å². The van der Waals surface area contributed by atoms with Crippen molar-refractivity contribution in [3.05, 3.63) is 24.3 Å². The van der Waals surface area contributed by atoms with Gasteiger partial charge in [-0.05, 0) is 38.8 Å². The van der Waals surface area contributed by atoms with Crippen LogP contribution in [0.4, 0.5) is 11.4 Å². The van der Waals surface area contributed by atoms with Crippen molar-refractivity contribution in [3.63, 3.8) is 0 Å². The Balaban J connectivity index is 1.61. The SMILES string of the molecule is CC1CN(c2ccccc2NC(=O)COC2CCCC2)CC(C)O1. The first-order valence-electron chi connectivity index (χ1n) is 9.02. The average Bonchev–Trinajstić information content (AvgIpc) is 3.06. The first-order valence-corrected chi connectivity index (χ1v) is 9.02. The molecule has 2 atom stereocenters. The van der Waals surface area contributed by atoms with Crippen molar-refractivity contribution in [2.75, 3.05) is 29.9 Å². The highest BCUT2D eigenvalue weighted by Crippen LogP contribution is 2.28. The van der Waals surface area contributed by atoms with E-state index < -0.39 is 0 Å². The average molecular weight is 332 g/mol. The quantitative estimate of drug-likeness (QED) is 0.900. The summed E-state index contributed by atoms with van der Waals surface area (Å²) in [5.74, 6) is -0.0799. The molecule has 0 aromatic heterocycles. The second-order valence-electron chi connectivity index (χ2n) is 6.95. The summed E-state index contributed by atoms with van der Waals surface area (Å²) in [4.78, 5) is 14.5. The van der Waals surface area contributed by atoms with Crippen molar-refractivity contribution in [1.82, 2.24) is 0 Å². The number of hydrogen-bond acceptors (Lipinski definition) is 4. The number of nitrogens with zero attached hydrogens (tertiary/aromatic N) is 1. The molecule has 1 aliphatic carbocycles. The predicted octanol–water partition coefficient (Wildman–Crippen LogP) is 3.20. The van der Waals surface area contributed by atoms with Crippen LogP contribution in [0.1, 0.15) is 39.5 Å². The van der Waals surface area contributed by atoms with Crippen LogP contribution in [0.2, 0.25) is 0 Å². The van der Waals surface area contributed by atoms with E-state index in [-0.39, 0.29) is 30.8 Å². The normalized spacial score (nSPS) is 25.0. The maximum absolute atomic E-state index is 12.3. The van der Waals surface area contributed by atoms with Gasteiger partial charge in [0.2, 0.25) is 5.91 Å². The van der Waals surface area contributed by atoms with Gasteiger partial charge in [0.25, 0.3) is 0 Å². The fourth-order valence-electron chi connectivity index (χ4n) is 3.66. The van der Waals surface area contributed by atoms with Crippen LogP contribution in [0.5, 0.6) is 0 Å². The summed E-state index contributed by atoms with van der Waals surface area (Å²) in [6.07, 6.45) is 5.20. The van der Waals surface area contributed by atoms with E-state index in [9.17, 15) is 4.79 Å². The van der Waals surface area contributed by atoms with Crippen molar-refractivity contribution < 1.29 is 14.3 Å². The molecule has 2 fully saturated rings. The maximum atomic E-state index is 12.3. The zero-order valence-electron chi connectivity index (χ0n) is 14.7. The molecule has 5 nitrogen and oxygen atoms in total. The van der Waals surface area contributed by atoms with E-state index >= 15 is 0 Å². The van der Waals surface area contributed by atoms with Gasteiger partial charge in [0, 0.05) is 13.1 Å². The number of nitrogens with one attached hydrogen (secondary N) is 1.